The van der Waals surface area contributed by atoms with E-state index in [2.05, 4.69) is 10.3 Å². The molecule has 3 aromatic rings. The second-order valence-corrected chi connectivity index (χ2v) is 15.5. The van der Waals surface area contributed by atoms with E-state index in [4.69, 9.17) is 10.5 Å². The maximum Gasteiger partial charge on any atom is 0.321 e. The number of aryl methyl sites for hydroxylation is 1. The molecular weight excluding hydrogens is 669 g/mol. The molecule has 1 aromatic heterocycles. The molecular formula is C34H46N6O7S2. The molecule has 1 fully saturated rings. The molecule has 15 heteroatoms. The summed E-state index contributed by atoms with van der Waals surface area (Å²) in [6, 6.07) is 13.0. The van der Waals surface area contributed by atoms with Gasteiger partial charge in [-0.15, -0.1) is 11.3 Å². The van der Waals surface area contributed by atoms with Gasteiger partial charge in [-0.2, -0.15) is 4.31 Å². The van der Waals surface area contributed by atoms with Gasteiger partial charge < -0.3 is 30.7 Å². The van der Waals surface area contributed by atoms with E-state index in [-0.39, 0.29) is 55.7 Å². The van der Waals surface area contributed by atoms with Gasteiger partial charge in [0.2, 0.25) is 21.8 Å². The summed E-state index contributed by atoms with van der Waals surface area (Å²) in [6.07, 6.45) is -1.23. The number of carbonyl (C=O) groups excluding carboxylic acids is 3. The van der Waals surface area contributed by atoms with Crippen molar-refractivity contribution in [1.82, 2.24) is 24.4 Å². The largest absolute Gasteiger partial charge is 0.497 e. The molecule has 1 aliphatic heterocycles. The Morgan fingerprint density at radius 2 is 1.80 bits per heavy atom. The third kappa shape index (κ3) is 10.2. The lowest BCUT2D eigenvalue weighted by molar-refractivity contribution is -0.124. The fourth-order valence-electron chi connectivity index (χ4n) is 5.77. The Bertz CT molecular complexity index is 1670. The first-order valence-corrected chi connectivity index (χ1v) is 18.5. The molecule has 13 nitrogen and oxygen atoms in total. The Morgan fingerprint density at radius 1 is 1.10 bits per heavy atom. The van der Waals surface area contributed by atoms with Crippen molar-refractivity contribution in [2.45, 2.75) is 69.7 Å². The van der Waals surface area contributed by atoms with E-state index >= 15 is 0 Å². The SMILES string of the molecule is COc1ccc(S(=O)(=O)N(CC(C)C)C[C@H](O)[C@H](Cc2ccccc2)NC(=O)CC[C@@H](C(N)=O)N2CCN(Cc3csc(C)n3)C2=O)cc1. The second-order valence-electron chi connectivity index (χ2n) is 12.5. The van der Waals surface area contributed by atoms with Crippen molar-refractivity contribution in [3.63, 3.8) is 0 Å². The molecule has 1 aliphatic rings. The molecule has 2 heterocycles. The molecule has 3 atom stereocenters. The van der Waals surface area contributed by atoms with Gasteiger partial charge in [-0.1, -0.05) is 44.2 Å². The van der Waals surface area contributed by atoms with Crippen LogP contribution >= 0.6 is 11.3 Å². The highest BCUT2D eigenvalue weighted by Crippen LogP contribution is 2.23. The molecule has 0 aliphatic carbocycles. The minimum atomic E-state index is -4.01. The Hall–Kier alpha value is -4.05. The minimum absolute atomic E-state index is 0.0178. The third-order valence-electron chi connectivity index (χ3n) is 8.26. The molecule has 0 saturated carbocycles. The van der Waals surface area contributed by atoms with Crippen molar-refractivity contribution in [3.05, 3.63) is 76.2 Å². The van der Waals surface area contributed by atoms with E-state index in [1.165, 1.54) is 39.8 Å². The molecule has 49 heavy (non-hydrogen) atoms. The molecule has 0 radical (unpaired) electrons. The number of carbonyl (C=O) groups is 3. The molecule has 4 N–H and O–H groups in total. The lowest BCUT2D eigenvalue weighted by atomic mass is 10.00. The van der Waals surface area contributed by atoms with Crippen molar-refractivity contribution >= 4 is 39.2 Å². The molecule has 266 valence electrons. The van der Waals surface area contributed by atoms with Crippen LogP contribution in [0.15, 0.2) is 64.9 Å². The smallest absolute Gasteiger partial charge is 0.321 e. The average molecular weight is 715 g/mol. The maximum atomic E-state index is 13.7. The van der Waals surface area contributed by atoms with Crippen LogP contribution in [0.1, 0.15) is 43.0 Å². The summed E-state index contributed by atoms with van der Waals surface area (Å²) in [5.74, 6) is -0.735. The van der Waals surface area contributed by atoms with Crippen LogP contribution in [0.25, 0.3) is 0 Å². The van der Waals surface area contributed by atoms with Gasteiger partial charge in [0, 0.05) is 38.0 Å². The Kier molecular flexibility index (Phi) is 13.1. The zero-order valence-electron chi connectivity index (χ0n) is 28.3. The van der Waals surface area contributed by atoms with E-state index in [9.17, 15) is 27.9 Å². The Balaban J connectivity index is 1.46. The normalized spacial score (nSPS) is 15.4. The number of aliphatic hydroxyl groups is 1. The first-order chi connectivity index (χ1) is 23.3. The summed E-state index contributed by atoms with van der Waals surface area (Å²) in [4.78, 5) is 46.5. The number of nitrogens with two attached hydrogens (primary N) is 1. The lowest BCUT2D eigenvalue weighted by Crippen LogP contribution is -2.51. The summed E-state index contributed by atoms with van der Waals surface area (Å²) in [5, 5.41) is 17.2. The number of thiazole rings is 1. The van der Waals surface area contributed by atoms with Gasteiger partial charge in [-0.05, 0) is 55.5 Å². The number of methoxy groups -OCH3 is 1. The van der Waals surface area contributed by atoms with Crippen molar-refractivity contribution in [2.75, 3.05) is 33.3 Å². The number of sulfonamides is 1. The van der Waals surface area contributed by atoms with Crippen LogP contribution in [0.3, 0.4) is 0 Å². The quantitative estimate of drug-likeness (QED) is 0.180. The molecule has 4 amide bonds. The highest BCUT2D eigenvalue weighted by molar-refractivity contribution is 7.89. The second kappa shape index (κ2) is 17.1. The Morgan fingerprint density at radius 3 is 2.39 bits per heavy atom. The summed E-state index contributed by atoms with van der Waals surface area (Å²) in [5.41, 5.74) is 7.30. The van der Waals surface area contributed by atoms with Crippen LogP contribution in [-0.4, -0.2) is 102 Å². The number of urea groups is 1. The number of hydrogen-bond donors (Lipinski definition) is 3. The highest BCUT2D eigenvalue weighted by atomic mass is 32.2. The molecule has 0 bridgehead atoms. The average Bonchev–Trinajstić information content (AvgIpc) is 3.64. The van der Waals surface area contributed by atoms with Crippen LogP contribution in [0.5, 0.6) is 5.75 Å². The van der Waals surface area contributed by atoms with Crippen molar-refractivity contribution in [1.29, 1.82) is 0 Å². The zero-order chi connectivity index (χ0) is 35.7. The van der Waals surface area contributed by atoms with E-state index < -0.39 is 40.0 Å². The van der Waals surface area contributed by atoms with Gasteiger partial charge in [0.05, 0.1) is 41.4 Å². The molecule has 1 saturated heterocycles. The van der Waals surface area contributed by atoms with Crippen LogP contribution in [-0.2, 0) is 32.6 Å². The standard InChI is InChI=1S/C34H46N6O7S2/c1-23(2)19-39(49(45,46)28-12-10-27(47-4)11-13-28)21-31(41)29(18-25-8-6-5-7-9-25)37-32(42)15-14-30(33(35)43)40-17-16-38(34(40)44)20-26-22-48-24(3)36-26/h5-13,22-23,29-31,41H,14-21H2,1-4H3,(H2,35,43)(H,37,42)/t29-,30-,31-/m0/s1. The van der Waals surface area contributed by atoms with E-state index in [0.717, 1.165) is 16.3 Å². The monoisotopic (exact) mass is 714 g/mol. The fourth-order valence-corrected chi connectivity index (χ4v) is 8.00. The molecule has 4 rings (SSSR count). The van der Waals surface area contributed by atoms with Crippen LogP contribution in [0.2, 0.25) is 0 Å². The minimum Gasteiger partial charge on any atom is -0.497 e. The lowest BCUT2D eigenvalue weighted by Gasteiger charge is -2.31. The van der Waals surface area contributed by atoms with Crippen LogP contribution in [0, 0.1) is 12.8 Å². The predicted octanol–water partition coefficient (Wildman–Crippen LogP) is 2.77. The fraction of sp³-hybridized carbons (Fsp3) is 0.471. The van der Waals surface area contributed by atoms with E-state index in [1.54, 1.807) is 17.0 Å². The van der Waals surface area contributed by atoms with Crippen molar-refractivity contribution in [2.24, 2.45) is 11.7 Å². The number of rotatable bonds is 18. The number of aromatic nitrogens is 1. The van der Waals surface area contributed by atoms with Gasteiger partial charge in [0.1, 0.15) is 11.8 Å². The molecule has 2 aromatic carbocycles. The third-order valence-corrected chi connectivity index (χ3v) is 10.9. The van der Waals surface area contributed by atoms with Crippen molar-refractivity contribution < 1.29 is 32.6 Å². The van der Waals surface area contributed by atoms with Crippen molar-refractivity contribution in [3.8, 4) is 5.75 Å². The number of amides is 4. The summed E-state index contributed by atoms with van der Waals surface area (Å²) in [6.45, 7) is 6.50. The number of primary amides is 1. The zero-order valence-corrected chi connectivity index (χ0v) is 30.0. The van der Waals surface area contributed by atoms with Crippen LogP contribution in [0.4, 0.5) is 4.79 Å². The van der Waals surface area contributed by atoms with E-state index in [1.807, 2.05) is 56.5 Å². The summed E-state index contributed by atoms with van der Waals surface area (Å²) >= 11 is 1.49. The van der Waals surface area contributed by atoms with Gasteiger partial charge in [-0.3, -0.25) is 9.59 Å². The van der Waals surface area contributed by atoms with Gasteiger partial charge in [0.25, 0.3) is 0 Å². The van der Waals surface area contributed by atoms with Crippen LogP contribution < -0.4 is 15.8 Å². The maximum absolute atomic E-state index is 13.7. The number of nitrogens with one attached hydrogen (secondary N) is 1. The summed E-state index contributed by atoms with van der Waals surface area (Å²) in [7, 11) is -2.52. The Labute approximate surface area is 292 Å². The number of hydrogen-bond acceptors (Lipinski definition) is 9. The summed E-state index contributed by atoms with van der Waals surface area (Å²) < 4.78 is 33.9. The topological polar surface area (TPSA) is 175 Å². The predicted molar refractivity (Wildman–Crippen MR) is 186 cm³/mol. The highest BCUT2D eigenvalue weighted by Gasteiger charge is 2.37. The molecule has 0 spiro atoms. The number of nitrogens with zero attached hydrogens (tertiary/aromatic N) is 4. The van der Waals surface area contributed by atoms with Gasteiger partial charge in [-0.25, -0.2) is 18.2 Å². The number of benzene rings is 2. The van der Waals surface area contributed by atoms with Gasteiger partial charge in [0.15, 0.2) is 0 Å². The number of aliphatic hydroxyl groups excluding tert-OH is 1. The first-order valence-electron chi connectivity index (χ1n) is 16.2. The van der Waals surface area contributed by atoms with E-state index in [0.29, 0.717) is 18.8 Å². The molecule has 0 unspecified atom stereocenters. The number of ether oxygens (including phenoxy) is 1. The first kappa shape index (κ1) is 37.8. The van der Waals surface area contributed by atoms with Gasteiger partial charge >= 0.3 is 6.03 Å².